The third-order valence-corrected chi connectivity index (χ3v) is 5.25. The molecule has 2 nitrogen and oxygen atoms in total. The highest BCUT2D eigenvalue weighted by atomic mass is 31.0. The Kier molecular flexibility index (Phi) is 27.9. The zero-order valence-corrected chi connectivity index (χ0v) is 20.3. The van der Waals surface area contributed by atoms with Crippen LogP contribution in [0.2, 0.25) is 0 Å². The quantitative estimate of drug-likeness (QED) is 0.109. The van der Waals surface area contributed by atoms with E-state index in [4.69, 9.17) is 4.74 Å². The molecule has 0 fully saturated rings. The maximum atomic E-state index is 11.7. The molecule has 27 heavy (non-hydrogen) atoms. The molecule has 0 saturated heterocycles. The molecule has 0 rings (SSSR count). The van der Waals surface area contributed by atoms with Crippen LogP contribution in [0.3, 0.4) is 0 Å². The van der Waals surface area contributed by atoms with Gasteiger partial charge in [0.15, 0.2) is 0 Å². The SMILES string of the molecule is CCCCCCCCCCCCCCOC(=O)CCCCCCCCC.P. The van der Waals surface area contributed by atoms with E-state index < -0.39 is 0 Å². The fourth-order valence-corrected chi connectivity index (χ4v) is 3.43. The summed E-state index contributed by atoms with van der Waals surface area (Å²) >= 11 is 0. The standard InChI is InChI=1S/C24H48O2.H3P/c1-3-5-7-9-11-12-13-14-15-17-19-21-23-26-24(25)22-20-18-16-10-8-6-4-2;/h3-23H2,1-2H3;1H3. The lowest BCUT2D eigenvalue weighted by molar-refractivity contribution is -0.143. The zero-order chi connectivity index (χ0) is 19.1. The lowest BCUT2D eigenvalue weighted by Crippen LogP contribution is -2.05. The van der Waals surface area contributed by atoms with Crippen LogP contribution in [-0.2, 0) is 9.53 Å². The second-order valence-corrected chi connectivity index (χ2v) is 7.98. The average Bonchev–Trinajstić information content (AvgIpc) is 2.64. The van der Waals surface area contributed by atoms with Crippen molar-refractivity contribution in [3.63, 3.8) is 0 Å². The minimum Gasteiger partial charge on any atom is -0.466 e. The first-order chi connectivity index (χ1) is 12.8. The molecule has 0 aliphatic heterocycles. The number of carbonyl (C=O) groups is 1. The number of rotatable bonds is 21. The summed E-state index contributed by atoms with van der Waals surface area (Å²) in [6.45, 7) is 5.15. The van der Waals surface area contributed by atoms with Gasteiger partial charge in [-0.2, -0.15) is 9.90 Å². The molecule has 0 spiro atoms. The highest BCUT2D eigenvalue weighted by Gasteiger charge is 2.02. The summed E-state index contributed by atoms with van der Waals surface area (Å²) in [4.78, 5) is 11.7. The fourth-order valence-electron chi connectivity index (χ4n) is 3.43. The first-order valence-electron chi connectivity index (χ1n) is 12.0. The fraction of sp³-hybridized carbons (Fsp3) is 0.958. The van der Waals surface area contributed by atoms with E-state index in [0.717, 1.165) is 12.8 Å². The molecule has 0 aliphatic carbocycles. The van der Waals surface area contributed by atoms with Gasteiger partial charge in [-0.1, -0.05) is 123 Å². The Hall–Kier alpha value is -0.100. The van der Waals surface area contributed by atoms with Gasteiger partial charge < -0.3 is 4.74 Å². The summed E-state index contributed by atoms with van der Waals surface area (Å²) in [7, 11) is 0. The zero-order valence-electron chi connectivity index (χ0n) is 18.9. The molecule has 0 N–H and O–H groups in total. The molecule has 0 aromatic rings. The maximum absolute atomic E-state index is 11.7. The number of unbranched alkanes of at least 4 members (excludes halogenated alkanes) is 17. The van der Waals surface area contributed by atoms with Crippen molar-refractivity contribution in [3.05, 3.63) is 0 Å². The Balaban J connectivity index is 0. The summed E-state index contributed by atoms with van der Waals surface area (Å²) in [5.74, 6) is 0.0154. The van der Waals surface area contributed by atoms with Gasteiger partial charge in [0.1, 0.15) is 0 Å². The monoisotopic (exact) mass is 402 g/mol. The van der Waals surface area contributed by atoms with Crippen LogP contribution in [0.25, 0.3) is 0 Å². The van der Waals surface area contributed by atoms with E-state index in [2.05, 4.69) is 13.8 Å². The molecular weight excluding hydrogens is 351 g/mol. The van der Waals surface area contributed by atoms with E-state index in [-0.39, 0.29) is 15.9 Å². The summed E-state index contributed by atoms with van der Waals surface area (Å²) in [6.07, 6.45) is 25.5. The molecule has 1 atom stereocenters. The van der Waals surface area contributed by atoms with Crippen molar-refractivity contribution in [1.82, 2.24) is 0 Å². The van der Waals surface area contributed by atoms with Gasteiger partial charge >= 0.3 is 5.97 Å². The molecule has 3 heteroatoms. The maximum Gasteiger partial charge on any atom is 0.305 e. The molecule has 1 unspecified atom stereocenters. The molecular formula is C24H51O2P. The van der Waals surface area contributed by atoms with Crippen molar-refractivity contribution in [2.24, 2.45) is 0 Å². The second kappa shape index (κ2) is 25.9. The Morgan fingerprint density at radius 3 is 1.26 bits per heavy atom. The van der Waals surface area contributed by atoms with Gasteiger partial charge in [0, 0.05) is 6.42 Å². The molecule has 0 bridgehead atoms. The third-order valence-electron chi connectivity index (χ3n) is 5.25. The lowest BCUT2D eigenvalue weighted by Gasteiger charge is -2.05. The number of carbonyl (C=O) groups excluding carboxylic acids is 1. The lowest BCUT2D eigenvalue weighted by atomic mass is 10.1. The molecule has 0 aromatic heterocycles. The van der Waals surface area contributed by atoms with Crippen LogP contribution in [0.4, 0.5) is 0 Å². The Morgan fingerprint density at radius 2 is 0.852 bits per heavy atom. The molecule has 0 amide bonds. The average molecular weight is 403 g/mol. The van der Waals surface area contributed by atoms with Crippen LogP contribution in [0.15, 0.2) is 0 Å². The van der Waals surface area contributed by atoms with Gasteiger partial charge in [-0.3, -0.25) is 4.79 Å². The Morgan fingerprint density at radius 1 is 0.519 bits per heavy atom. The Labute approximate surface area is 174 Å². The number of esters is 1. The Bertz CT molecular complexity index is 282. The van der Waals surface area contributed by atoms with E-state index in [1.165, 1.54) is 109 Å². The van der Waals surface area contributed by atoms with Gasteiger partial charge in [0.2, 0.25) is 0 Å². The van der Waals surface area contributed by atoms with Crippen molar-refractivity contribution in [2.75, 3.05) is 6.61 Å². The van der Waals surface area contributed by atoms with E-state index >= 15 is 0 Å². The first-order valence-corrected chi connectivity index (χ1v) is 12.0. The normalized spacial score (nSPS) is 10.6. The van der Waals surface area contributed by atoms with Crippen LogP contribution >= 0.6 is 9.90 Å². The molecule has 0 aromatic carbocycles. The largest absolute Gasteiger partial charge is 0.466 e. The van der Waals surface area contributed by atoms with Crippen LogP contribution in [0, 0.1) is 0 Å². The van der Waals surface area contributed by atoms with Crippen molar-refractivity contribution in [2.45, 2.75) is 142 Å². The van der Waals surface area contributed by atoms with Gasteiger partial charge in [-0.05, 0) is 12.8 Å². The molecule has 0 saturated carbocycles. The van der Waals surface area contributed by atoms with E-state index in [1.807, 2.05) is 0 Å². The van der Waals surface area contributed by atoms with Crippen LogP contribution in [0.5, 0.6) is 0 Å². The van der Waals surface area contributed by atoms with Crippen LogP contribution in [0.1, 0.15) is 142 Å². The number of hydrogen-bond donors (Lipinski definition) is 0. The second-order valence-electron chi connectivity index (χ2n) is 7.98. The third kappa shape index (κ3) is 25.9. The predicted molar refractivity (Wildman–Crippen MR) is 126 cm³/mol. The van der Waals surface area contributed by atoms with E-state index in [0.29, 0.717) is 13.0 Å². The summed E-state index contributed by atoms with van der Waals surface area (Å²) in [5, 5.41) is 0. The topological polar surface area (TPSA) is 26.3 Å². The smallest absolute Gasteiger partial charge is 0.305 e. The van der Waals surface area contributed by atoms with Crippen LogP contribution in [-0.4, -0.2) is 12.6 Å². The summed E-state index contributed by atoms with van der Waals surface area (Å²) in [6, 6.07) is 0. The molecule has 0 radical (unpaired) electrons. The minimum absolute atomic E-state index is 0. The predicted octanol–water partition coefficient (Wildman–Crippen LogP) is 8.43. The van der Waals surface area contributed by atoms with Crippen molar-refractivity contribution in [1.29, 1.82) is 0 Å². The van der Waals surface area contributed by atoms with Crippen molar-refractivity contribution < 1.29 is 9.53 Å². The molecule has 0 aliphatic rings. The van der Waals surface area contributed by atoms with Gasteiger partial charge in [-0.25, -0.2) is 0 Å². The van der Waals surface area contributed by atoms with E-state index in [9.17, 15) is 4.79 Å². The number of hydrogen-bond acceptors (Lipinski definition) is 2. The molecule has 0 heterocycles. The number of ether oxygens (including phenoxy) is 1. The van der Waals surface area contributed by atoms with Gasteiger partial charge in [0.25, 0.3) is 0 Å². The molecule has 164 valence electrons. The summed E-state index contributed by atoms with van der Waals surface area (Å²) < 4.78 is 5.34. The van der Waals surface area contributed by atoms with Gasteiger partial charge in [-0.15, -0.1) is 0 Å². The van der Waals surface area contributed by atoms with Gasteiger partial charge in [0.05, 0.1) is 6.61 Å². The van der Waals surface area contributed by atoms with Crippen LogP contribution < -0.4 is 0 Å². The van der Waals surface area contributed by atoms with Crippen molar-refractivity contribution in [3.8, 4) is 0 Å². The minimum atomic E-state index is 0. The highest BCUT2D eigenvalue weighted by Crippen LogP contribution is 2.12. The van der Waals surface area contributed by atoms with Crippen molar-refractivity contribution >= 4 is 15.9 Å². The summed E-state index contributed by atoms with van der Waals surface area (Å²) in [5.41, 5.74) is 0. The first kappa shape index (κ1) is 29.1. The highest BCUT2D eigenvalue weighted by molar-refractivity contribution is 6.92. The van der Waals surface area contributed by atoms with E-state index in [1.54, 1.807) is 0 Å².